The van der Waals surface area contributed by atoms with Gasteiger partial charge < -0.3 is 46.5 Å². The highest BCUT2D eigenvalue weighted by Crippen LogP contribution is 2.34. The maximum Gasteiger partial charge on any atom is 0.302 e. The number of nitrogens with two attached hydrogens (primary N) is 1. The molecule has 1 aromatic carbocycles. The van der Waals surface area contributed by atoms with Gasteiger partial charge in [0.05, 0.1) is 17.6 Å². The van der Waals surface area contributed by atoms with Crippen molar-refractivity contribution >= 4 is 11.9 Å². The van der Waals surface area contributed by atoms with Crippen LogP contribution in [-0.4, -0.2) is 91.4 Å². The van der Waals surface area contributed by atoms with Gasteiger partial charge in [-0.1, -0.05) is 12.0 Å². The minimum absolute atomic E-state index is 0.0365. The molecule has 8 N–H and O–H groups in total. The normalized spacial score (nSPS) is 26.1. The van der Waals surface area contributed by atoms with Crippen LogP contribution < -0.4 is 26.4 Å². The molecular formula is C32H51N5O6. The average Bonchev–Trinajstić information content (AvgIpc) is 2.97. The maximum atomic E-state index is 12.1. The van der Waals surface area contributed by atoms with Gasteiger partial charge in [-0.15, -0.1) is 5.92 Å². The SMILES string of the molecule is CN=C(N)NC[C@]1(CCNC[C@H](C)O)C#CC[C@H](Cc2ccc(O)c(OC3CCNCC3)c2)[C@@H](OC(C)=O)C[C@@H](O)CC1. The number of guanidine groups is 1. The summed E-state index contributed by atoms with van der Waals surface area (Å²) in [6.45, 7) is 6.44. The van der Waals surface area contributed by atoms with Gasteiger partial charge in [-0.05, 0) is 82.8 Å². The van der Waals surface area contributed by atoms with Gasteiger partial charge in [-0.25, -0.2) is 0 Å². The van der Waals surface area contributed by atoms with E-state index >= 15 is 0 Å². The summed E-state index contributed by atoms with van der Waals surface area (Å²) in [6.07, 6.45) is 3.11. The third kappa shape index (κ3) is 11.9. The van der Waals surface area contributed by atoms with Gasteiger partial charge in [0.1, 0.15) is 12.2 Å². The van der Waals surface area contributed by atoms with Crippen molar-refractivity contribution in [2.75, 3.05) is 39.8 Å². The van der Waals surface area contributed by atoms with Crippen LogP contribution in [0.5, 0.6) is 11.5 Å². The molecule has 0 aromatic heterocycles. The number of aromatic hydroxyl groups is 1. The molecule has 0 spiro atoms. The number of aliphatic imine (C=N–C) groups is 1. The quantitative estimate of drug-likeness (QED) is 0.0611. The zero-order valence-electron chi connectivity index (χ0n) is 25.9. The Labute approximate surface area is 256 Å². The van der Waals surface area contributed by atoms with Crippen molar-refractivity contribution < 1.29 is 29.6 Å². The average molecular weight is 602 g/mol. The number of nitrogens with one attached hydrogen (secondary N) is 3. The maximum absolute atomic E-state index is 12.1. The van der Waals surface area contributed by atoms with Crippen LogP contribution in [0.4, 0.5) is 0 Å². The molecular weight excluding hydrogens is 550 g/mol. The van der Waals surface area contributed by atoms with E-state index in [2.05, 4.69) is 32.8 Å². The topological polar surface area (TPSA) is 171 Å². The fourth-order valence-electron chi connectivity index (χ4n) is 5.71. The first-order valence-electron chi connectivity index (χ1n) is 15.5. The standard InChI is InChI=1S/C32H51N5O6/c1-22(38)20-36-16-13-32(21-37-31(33)34-3)11-4-5-25(29(42-23(2)39)19-26(40)8-12-32)17-24-6-7-28(41)30(18-24)43-27-9-14-35-15-10-27/h6-7,18,22,25-27,29,35-36,38,40-41H,5,8-10,12-17,19-21H2,1-3H3,(H3,33,34,37)/t22-,25+,26-,29-,32+/m0/s1. The van der Waals surface area contributed by atoms with Gasteiger partial charge >= 0.3 is 5.97 Å². The molecule has 0 amide bonds. The van der Waals surface area contributed by atoms with Crippen molar-refractivity contribution in [1.29, 1.82) is 0 Å². The van der Waals surface area contributed by atoms with Crippen molar-refractivity contribution in [3.63, 3.8) is 0 Å². The number of piperidine rings is 1. The van der Waals surface area contributed by atoms with E-state index in [1.807, 2.05) is 12.1 Å². The Kier molecular flexibility index (Phi) is 13.9. The van der Waals surface area contributed by atoms with Crippen LogP contribution in [0.15, 0.2) is 23.2 Å². The molecule has 0 radical (unpaired) electrons. The zero-order valence-corrected chi connectivity index (χ0v) is 25.9. The van der Waals surface area contributed by atoms with Gasteiger partial charge in [0.2, 0.25) is 0 Å². The third-order valence-corrected chi connectivity index (χ3v) is 8.19. The van der Waals surface area contributed by atoms with Crippen LogP contribution in [0.2, 0.25) is 0 Å². The molecule has 1 saturated heterocycles. The van der Waals surface area contributed by atoms with Gasteiger partial charge in [-0.3, -0.25) is 9.79 Å². The summed E-state index contributed by atoms with van der Waals surface area (Å²) in [5.74, 6) is 7.19. The fraction of sp³-hybridized carbons (Fsp3) is 0.688. The van der Waals surface area contributed by atoms with Crippen LogP contribution in [0.1, 0.15) is 64.4 Å². The number of esters is 1. The molecule has 0 unspecified atom stereocenters. The molecule has 11 heteroatoms. The summed E-state index contributed by atoms with van der Waals surface area (Å²) in [5.41, 5.74) is 6.39. The second kappa shape index (κ2) is 17.3. The highest BCUT2D eigenvalue weighted by atomic mass is 16.5. The number of nitrogens with zero attached hydrogens (tertiary/aromatic N) is 1. The van der Waals surface area contributed by atoms with Gasteiger partial charge in [0.15, 0.2) is 17.5 Å². The Bertz CT molecular complexity index is 1110. The van der Waals surface area contributed by atoms with Crippen molar-refractivity contribution in [1.82, 2.24) is 16.0 Å². The minimum Gasteiger partial charge on any atom is -0.504 e. The molecule has 1 aromatic rings. The Morgan fingerprint density at radius 2 is 2.07 bits per heavy atom. The molecule has 0 saturated carbocycles. The number of phenolic OH excluding ortho intramolecular Hbond substituents is 1. The molecule has 1 heterocycles. The summed E-state index contributed by atoms with van der Waals surface area (Å²) in [7, 11) is 1.62. The first kappa shape index (κ1) is 34.5. The Morgan fingerprint density at radius 3 is 2.77 bits per heavy atom. The second-order valence-electron chi connectivity index (χ2n) is 12.0. The summed E-state index contributed by atoms with van der Waals surface area (Å²) in [6, 6.07) is 5.36. The lowest BCUT2D eigenvalue weighted by molar-refractivity contribution is -0.151. The van der Waals surface area contributed by atoms with E-state index in [0.29, 0.717) is 69.9 Å². The number of aliphatic hydroxyl groups excluding tert-OH is 2. The van der Waals surface area contributed by atoms with E-state index in [4.69, 9.17) is 15.2 Å². The van der Waals surface area contributed by atoms with Crippen molar-refractivity contribution in [2.45, 2.75) is 89.6 Å². The van der Waals surface area contributed by atoms with E-state index in [-0.39, 0.29) is 17.8 Å². The number of ether oxygens (including phenoxy) is 2. The van der Waals surface area contributed by atoms with Gasteiger partial charge in [0.25, 0.3) is 0 Å². The van der Waals surface area contributed by atoms with E-state index in [1.54, 1.807) is 20.0 Å². The van der Waals surface area contributed by atoms with Crippen LogP contribution in [-0.2, 0) is 16.0 Å². The Hall–Kier alpha value is -3.04. The van der Waals surface area contributed by atoms with Crippen molar-refractivity contribution in [3.8, 4) is 23.3 Å². The van der Waals surface area contributed by atoms with E-state index in [1.165, 1.54) is 6.92 Å². The molecule has 3 rings (SSSR count). The summed E-state index contributed by atoms with van der Waals surface area (Å²) in [5, 5.41) is 41.1. The van der Waals surface area contributed by atoms with Crippen molar-refractivity contribution in [3.05, 3.63) is 23.8 Å². The first-order valence-corrected chi connectivity index (χ1v) is 15.5. The van der Waals surface area contributed by atoms with Crippen molar-refractivity contribution in [2.24, 2.45) is 22.1 Å². The molecule has 1 aliphatic heterocycles. The van der Waals surface area contributed by atoms with E-state index in [0.717, 1.165) is 31.5 Å². The molecule has 11 nitrogen and oxygen atoms in total. The lowest BCUT2D eigenvalue weighted by Crippen LogP contribution is -2.43. The monoisotopic (exact) mass is 601 g/mol. The number of benzene rings is 1. The number of carbonyl (C=O) groups excluding carboxylic acids is 1. The Morgan fingerprint density at radius 1 is 1.30 bits per heavy atom. The highest BCUT2D eigenvalue weighted by molar-refractivity contribution is 5.77. The van der Waals surface area contributed by atoms with Crippen LogP contribution in [0, 0.1) is 23.2 Å². The lowest BCUT2D eigenvalue weighted by atomic mass is 9.77. The molecule has 2 aliphatic rings. The number of phenols is 1. The summed E-state index contributed by atoms with van der Waals surface area (Å²) in [4.78, 5) is 16.1. The number of carbonyl (C=O) groups is 1. The minimum atomic E-state index is -0.702. The summed E-state index contributed by atoms with van der Waals surface area (Å²) >= 11 is 0. The molecule has 240 valence electrons. The van der Waals surface area contributed by atoms with Crippen LogP contribution in [0.3, 0.4) is 0 Å². The van der Waals surface area contributed by atoms with Gasteiger partial charge in [-0.2, -0.15) is 0 Å². The second-order valence-corrected chi connectivity index (χ2v) is 12.0. The van der Waals surface area contributed by atoms with E-state index in [9.17, 15) is 20.1 Å². The molecule has 43 heavy (non-hydrogen) atoms. The van der Waals surface area contributed by atoms with Crippen LogP contribution >= 0.6 is 0 Å². The largest absolute Gasteiger partial charge is 0.504 e. The molecule has 0 bridgehead atoms. The third-order valence-electron chi connectivity index (χ3n) is 8.19. The number of rotatable bonds is 12. The zero-order chi connectivity index (χ0) is 31.2. The molecule has 1 fully saturated rings. The van der Waals surface area contributed by atoms with Crippen LogP contribution in [0.25, 0.3) is 0 Å². The number of aliphatic hydroxyl groups is 2. The predicted octanol–water partition coefficient (Wildman–Crippen LogP) is 1.43. The van der Waals surface area contributed by atoms with Gasteiger partial charge in [0, 0.05) is 45.8 Å². The number of hydrogen-bond acceptors (Lipinski definition) is 9. The molecule has 1 aliphatic carbocycles. The smallest absolute Gasteiger partial charge is 0.302 e. The Balaban J connectivity index is 1.87. The number of hydrogen-bond donors (Lipinski definition) is 7. The summed E-state index contributed by atoms with van der Waals surface area (Å²) < 4.78 is 11.9. The first-order chi connectivity index (χ1) is 20.6. The predicted molar refractivity (Wildman–Crippen MR) is 167 cm³/mol. The highest BCUT2D eigenvalue weighted by Gasteiger charge is 2.33. The fourth-order valence-corrected chi connectivity index (χ4v) is 5.71. The van der Waals surface area contributed by atoms with E-state index < -0.39 is 29.7 Å². The lowest BCUT2D eigenvalue weighted by Gasteiger charge is -2.33. The molecule has 5 atom stereocenters.